The van der Waals surface area contributed by atoms with E-state index in [9.17, 15) is 0 Å². The highest BCUT2D eigenvalue weighted by Crippen LogP contribution is 2.35. The van der Waals surface area contributed by atoms with Crippen LogP contribution in [0.4, 0.5) is 5.69 Å². The average molecular weight is 280 g/mol. The number of nitrogens with zero attached hydrogens (tertiary/aromatic N) is 1. The smallest absolute Gasteiger partial charge is 0.163 e. The lowest BCUT2D eigenvalue weighted by atomic mass is 10.1. The monoisotopic (exact) mass is 280 g/mol. The lowest BCUT2D eigenvalue weighted by Gasteiger charge is -2.27. The Morgan fingerprint density at radius 3 is 2.50 bits per heavy atom. The van der Waals surface area contributed by atoms with Crippen molar-refractivity contribution in [1.29, 1.82) is 0 Å². The topological polar surface area (TPSA) is 57.0 Å². The van der Waals surface area contributed by atoms with Crippen LogP contribution < -0.4 is 15.2 Å². The Morgan fingerprint density at radius 1 is 1.25 bits per heavy atom. The molecule has 2 N–H and O–H groups in total. The van der Waals surface area contributed by atoms with Gasteiger partial charge in [0.2, 0.25) is 0 Å². The van der Waals surface area contributed by atoms with Crippen LogP contribution in [0.2, 0.25) is 0 Å². The third-order valence-electron chi connectivity index (χ3n) is 3.49. The van der Waals surface area contributed by atoms with Crippen molar-refractivity contribution in [2.75, 3.05) is 39.2 Å². The zero-order valence-corrected chi connectivity index (χ0v) is 12.5. The molecule has 5 heteroatoms. The van der Waals surface area contributed by atoms with Crippen LogP contribution in [0.25, 0.3) is 0 Å². The fraction of sp³-hybridized carbons (Fsp3) is 0.600. The highest BCUT2D eigenvalue weighted by Gasteiger charge is 2.17. The fourth-order valence-corrected chi connectivity index (χ4v) is 2.23. The summed E-state index contributed by atoms with van der Waals surface area (Å²) in [6.07, 6.45) is 0. The SMILES string of the molecule is COCCN(Cc1cc2c(cc1N)OCCO2)C(C)C. The Hall–Kier alpha value is -1.46. The van der Waals surface area contributed by atoms with E-state index in [1.54, 1.807) is 7.11 Å². The van der Waals surface area contributed by atoms with Crippen molar-refractivity contribution in [3.63, 3.8) is 0 Å². The first-order valence-electron chi connectivity index (χ1n) is 7.02. The van der Waals surface area contributed by atoms with Crippen LogP contribution in [0, 0.1) is 0 Å². The van der Waals surface area contributed by atoms with E-state index in [4.69, 9.17) is 19.9 Å². The number of hydrogen-bond donors (Lipinski definition) is 1. The highest BCUT2D eigenvalue weighted by atomic mass is 16.6. The average Bonchev–Trinajstić information content (AvgIpc) is 2.43. The third kappa shape index (κ3) is 3.55. The standard InChI is InChI=1S/C15H24N2O3/c1-11(2)17(4-5-18-3)10-12-8-14-15(9-13(12)16)20-7-6-19-14/h8-9,11H,4-7,10,16H2,1-3H3. The molecule has 1 aromatic rings. The number of benzene rings is 1. The van der Waals surface area contributed by atoms with E-state index in [1.807, 2.05) is 12.1 Å². The quantitative estimate of drug-likeness (QED) is 0.807. The van der Waals surface area contributed by atoms with Gasteiger partial charge in [-0.2, -0.15) is 0 Å². The van der Waals surface area contributed by atoms with Gasteiger partial charge >= 0.3 is 0 Å². The van der Waals surface area contributed by atoms with Gasteiger partial charge in [-0.3, -0.25) is 4.90 Å². The third-order valence-corrected chi connectivity index (χ3v) is 3.49. The number of anilines is 1. The van der Waals surface area contributed by atoms with Gasteiger partial charge < -0.3 is 19.9 Å². The summed E-state index contributed by atoms with van der Waals surface area (Å²) >= 11 is 0. The van der Waals surface area contributed by atoms with Crippen LogP contribution in [-0.2, 0) is 11.3 Å². The lowest BCUT2D eigenvalue weighted by molar-refractivity contribution is 0.124. The molecule has 0 saturated carbocycles. The summed E-state index contributed by atoms with van der Waals surface area (Å²) in [6.45, 7) is 7.88. The predicted octanol–water partition coefficient (Wildman–Crippen LogP) is 1.90. The molecule has 0 radical (unpaired) electrons. The minimum Gasteiger partial charge on any atom is -0.486 e. The van der Waals surface area contributed by atoms with Crippen LogP contribution in [-0.4, -0.2) is 44.4 Å². The Bertz CT molecular complexity index is 449. The maximum Gasteiger partial charge on any atom is 0.163 e. The minimum absolute atomic E-state index is 0.428. The van der Waals surface area contributed by atoms with Crippen LogP contribution in [0.3, 0.4) is 0 Å². The second-order valence-corrected chi connectivity index (χ2v) is 5.25. The molecule has 0 aliphatic carbocycles. The summed E-state index contributed by atoms with van der Waals surface area (Å²) in [5.41, 5.74) is 7.94. The van der Waals surface area contributed by atoms with Gasteiger partial charge in [0.25, 0.3) is 0 Å². The Morgan fingerprint density at radius 2 is 1.90 bits per heavy atom. The molecule has 0 amide bonds. The predicted molar refractivity (Wildman–Crippen MR) is 79.3 cm³/mol. The van der Waals surface area contributed by atoms with E-state index >= 15 is 0 Å². The van der Waals surface area contributed by atoms with Gasteiger partial charge in [-0.1, -0.05) is 0 Å². The lowest BCUT2D eigenvalue weighted by Crippen LogP contribution is -2.33. The first-order valence-corrected chi connectivity index (χ1v) is 7.02. The molecule has 1 heterocycles. The Balaban J connectivity index is 2.14. The van der Waals surface area contributed by atoms with E-state index in [2.05, 4.69) is 18.7 Å². The van der Waals surface area contributed by atoms with E-state index in [-0.39, 0.29) is 0 Å². The number of rotatable bonds is 6. The fourth-order valence-electron chi connectivity index (χ4n) is 2.23. The van der Waals surface area contributed by atoms with Gasteiger partial charge in [0.15, 0.2) is 11.5 Å². The molecule has 0 unspecified atom stereocenters. The van der Waals surface area contributed by atoms with Crippen molar-refractivity contribution >= 4 is 5.69 Å². The number of ether oxygens (including phenoxy) is 3. The molecule has 0 spiro atoms. The van der Waals surface area contributed by atoms with E-state index in [0.29, 0.717) is 25.9 Å². The molecule has 1 aromatic carbocycles. The Kier molecular flexibility index (Phi) is 5.09. The molecular weight excluding hydrogens is 256 g/mol. The summed E-state index contributed by atoms with van der Waals surface area (Å²) in [4.78, 5) is 2.32. The second-order valence-electron chi connectivity index (χ2n) is 5.25. The molecule has 5 nitrogen and oxygen atoms in total. The molecular formula is C15H24N2O3. The number of fused-ring (bicyclic) bond motifs is 1. The van der Waals surface area contributed by atoms with Gasteiger partial charge in [0.05, 0.1) is 6.61 Å². The summed E-state index contributed by atoms with van der Waals surface area (Å²) in [6, 6.07) is 4.28. The number of methoxy groups -OCH3 is 1. The van der Waals surface area contributed by atoms with E-state index < -0.39 is 0 Å². The molecule has 20 heavy (non-hydrogen) atoms. The van der Waals surface area contributed by atoms with Gasteiger partial charge in [0, 0.05) is 38.0 Å². The molecule has 1 aliphatic heterocycles. The normalized spacial score (nSPS) is 14.1. The summed E-state index contributed by atoms with van der Waals surface area (Å²) < 4.78 is 16.3. The van der Waals surface area contributed by atoms with Crippen LogP contribution >= 0.6 is 0 Å². The summed E-state index contributed by atoms with van der Waals surface area (Å²) in [7, 11) is 1.72. The molecule has 0 saturated heterocycles. The van der Waals surface area contributed by atoms with Crippen LogP contribution in [0.15, 0.2) is 12.1 Å². The molecule has 2 rings (SSSR count). The minimum atomic E-state index is 0.428. The van der Waals surface area contributed by atoms with Gasteiger partial charge in [-0.15, -0.1) is 0 Å². The van der Waals surface area contributed by atoms with Crippen molar-refractivity contribution < 1.29 is 14.2 Å². The number of hydrogen-bond acceptors (Lipinski definition) is 5. The zero-order chi connectivity index (χ0) is 14.5. The van der Waals surface area contributed by atoms with Gasteiger partial charge in [-0.05, 0) is 25.5 Å². The van der Waals surface area contributed by atoms with Crippen molar-refractivity contribution in [2.24, 2.45) is 0 Å². The second kappa shape index (κ2) is 6.81. The molecule has 1 aliphatic rings. The van der Waals surface area contributed by atoms with Gasteiger partial charge in [0.1, 0.15) is 13.2 Å². The highest BCUT2D eigenvalue weighted by molar-refractivity contribution is 5.58. The van der Waals surface area contributed by atoms with Crippen molar-refractivity contribution in [2.45, 2.75) is 26.4 Å². The van der Waals surface area contributed by atoms with E-state index in [0.717, 1.165) is 35.8 Å². The molecule has 112 valence electrons. The first kappa shape index (κ1) is 14.9. The molecule has 0 bridgehead atoms. The van der Waals surface area contributed by atoms with Gasteiger partial charge in [-0.25, -0.2) is 0 Å². The molecule has 0 fully saturated rings. The summed E-state index contributed by atoms with van der Waals surface area (Å²) in [5, 5.41) is 0. The van der Waals surface area contributed by atoms with Crippen LogP contribution in [0.5, 0.6) is 11.5 Å². The number of nitrogen functional groups attached to an aromatic ring is 1. The first-order chi connectivity index (χ1) is 9.61. The van der Waals surface area contributed by atoms with Crippen molar-refractivity contribution in [1.82, 2.24) is 4.90 Å². The van der Waals surface area contributed by atoms with Crippen LogP contribution in [0.1, 0.15) is 19.4 Å². The molecule has 0 aromatic heterocycles. The van der Waals surface area contributed by atoms with Crippen molar-refractivity contribution in [3.05, 3.63) is 17.7 Å². The van der Waals surface area contributed by atoms with E-state index in [1.165, 1.54) is 0 Å². The maximum absolute atomic E-state index is 6.13. The number of nitrogens with two attached hydrogens (primary N) is 1. The maximum atomic E-state index is 6.13. The molecule has 0 atom stereocenters. The Labute approximate surface area is 120 Å². The zero-order valence-electron chi connectivity index (χ0n) is 12.5. The largest absolute Gasteiger partial charge is 0.486 e. The summed E-state index contributed by atoms with van der Waals surface area (Å²) in [5.74, 6) is 1.53. The van der Waals surface area contributed by atoms with Crippen molar-refractivity contribution in [3.8, 4) is 11.5 Å².